The number of carboxylic acids is 1. The minimum atomic E-state index is -0.890. The van der Waals surface area contributed by atoms with Crippen molar-refractivity contribution in [1.82, 2.24) is 9.80 Å². The lowest BCUT2D eigenvalue weighted by atomic mass is 10.1. The summed E-state index contributed by atoms with van der Waals surface area (Å²) in [4.78, 5) is 26.3. The molecule has 0 atom stereocenters. The SMILES string of the molecule is Cc1cc(Cl)c(C(=O)N2CCN(CC(=O)O)CC2)cc1F. The van der Waals surface area contributed by atoms with Crippen LogP contribution >= 0.6 is 11.6 Å². The Morgan fingerprint density at radius 1 is 1.29 bits per heavy atom. The molecular formula is C14H16ClFN2O3. The third kappa shape index (κ3) is 3.71. The Hall–Kier alpha value is -1.66. The van der Waals surface area contributed by atoms with Gasteiger partial charge < -0.3 is 10.0 Å². The van der Waals surface area contributed by atoms with E-state index in [9.17, 15) is 14.0 Å². The number of carbonyl (C=O) groups is 2. The molecule has 1 fully saturated rings. The molecule has 7 heteroatoms. The summed E-state index contributed by atoms with van der Waals surface area (Å²) < 4.78 is 13.6. The molecule has 1 aliphatic rings. The van der Waals surface area contributed by atoms with E-state index in [-0.39, 0.29) is 23.0 Å². The Morgan fingerprint density at radius 2 is 1.90 bits per heavy atom. The lowest BCUT2D eigenvalue weighted by molar-refractivity contribution is -0.138. The van der Waals surface area contributed by atoms with Gasteiger partial charge in [0.05, 0.1) is 17.1 Å². The Labute approximate surface area is 126 Å². The number of hydrogen-bond acceptors (Lipinski definition) is 3. The number of piperazine rings is 1. The first kappa shape index (κ1) is 15.7. The molecule has 0 unspecified atom stereocenters. The van der Waals surface area contributed by atoms with E-state index in [4.69, 9.17) is 16.7 Å². The molecule has 1 aromatic carbocycles. The quantitative estimate of drug-likeness (QED) is 0.921. The van der Waals surface area contributed by atoms with E-state index in [1.54, 1.807) is 16.7 Å². The van der Waals surface area contributed by atoms with Gasteiger partial charge in [0.15, 0.2) is 0 Å². The molecule has 1 heterocycles. The van der Waals surface area contributed by atoms with Crippen LogP contribution in [0.4, 0.5) is 4.39 Å². The van der Waals surface area contributed by atoms with E-state index in [1.165, 1.54) is 6.07 Å². The zero-order valence-corrected chi connectivity index (χ0v) is 12.4. The molecule has 1 N–H and O–H groups in total. The summed E-state index contributed by atoms with van der Waals surface area (Å²) in [5, 5.41) is 8.96. The van der Waals surface area contributed by atoms with Crippen LogP contribution in [0.2, 0.25) is 5.02 Å². The van der Waals surface area contributed by atoms with Gasteiger partial charge in [0, 0.05) is 26.2 Å². The van der Waals surface area contributed by atoms with Crippen molar-refractivity contribution in [2.45, 2.75) is 6.92 Å². The van der Waals surface area contributed by atoms with E-state index in [1.807, 2.05) is 0 Å². The number of benzene rings is 1. The number of amides is 1. The lowest BCUT2D eigenvalue weighted by Gasteiger charge is -2.34. The maximum absolute atomic E-state index is 13.6. The molecule has 21 heavy (non-hydrogen) atoms. The number of hydrogen-bond donors (Lipinski definition) is 1. The van der Waals surface area contributed by atoms with E-state index >= 15 is 0 Å². The molecule has 1 aromatic rings. The zero-order valence-electron chi connectivity index (χ0n) is 11.6. The fourth-order valence-electron chi connectivity index (χ4n) is 2.28. The molecule has 0 bridgehead atoms. The monoisotopic (exact) mass is 314 g/mol. The fourth-order valence-corrected chi connectivity index (χ4v) is 2.58. The van der Waals surface area contributed by atoms with Crippen molar-refractivity contribution in [1.29, 1.82) is 0 Å². The van der Waals surface area contributed by atoms with Crippen molar-refractivity contribution >= 4 is 23.5 Å². The predicted molar refractivity (Wildman–Crippen MR) is 76.1 cm³/mol. The average molecular weight is 315 g/mol. The first-order valence-electron chi connectivity index (χ1n) is 6.57. The minimum Gasteiger partial charge on any atom is -0.480 e. The molecule has 114 valence electrons. The van der Waals surface area contributed by atoms with Crippen molar-refractivity contribution in [2.75, 3.05) is 32.7 Å². The van der Waals surface area contributed by atoms with E-state index in [2.05, 4.69) is 0 Å². The maximum atomic E-state index is 13.6. The Morgan fingerprint density at radius 3 is 2.48 bits per heavy atom. The molecule has 1 aliphatic heterocycles. The van der Waals surface area contributed by atoms with Gasteiger partial charge in [-0.1, -0.05) is 11.6 Å². The number of nitrogens with zero attached hydrogens (tertiary/aromatic N) is 2. The molecule has 0 spiro atoms. The summed E-state index contributed by atoms with van der Waals surface area (Å²) in [6.45, 7) is 3.30. The number of aliphatic carboxylic acids is 1. The van der Waals surface area contributed by atoms with Crippen molar-refractivity contribution < 1.29 is 19.1 Å². The molecular weight excluding hydrogens is 299 g/mol. The summed E-state index contributed by atoms with van der Waals surface area (Å²) in [7, 11) is 0. The van der Waals surface area contributed by atoms with Crippen LogP contribution in [0.25, 0.3) is 0 Å². The number of halogens is 2. The van der Waals surface area contributed by atoms with Crippen molar-refractivity contribution in [3.63, 3.8) is 0 Å². The van der Waals surface area contributed by atoms with Gasteiger partial charge in [0.2, 0.25) is 0 Å². The third-order valence-corrected chi connectivity index (χ3v) is 3.81. The second-order valence-corrected chi connectivity index (χ2v) is 5.45. The molecule has 0 aliphatic carbocycles. The van der Waals surface area contributed by atoms with Gasteiger partial charge in [-0.05, 0) is 24.6 Å². The van der Waals surface area contributed by atoms with Gasteiger partial charge in [0.25, 0.3) is 5.91 Å². The van der Waals surface area contributed by atoms with Gasteiger partial charge in [-0.15, -0.1) is 0 Å². The largest absolute Gasteiger partial charge is 0.480 e. The summed E-state index contributed by atoms with van der Waals surface area (Å²) >= 11 is 6.01. The maximum Gasteiger partial charge on any atom is 0.317 e. The van der Waals surface area contributed by atoms with Crippen LogP contribution in [-0.2, 0) is 4.79 Å². The van der Waals surface area contributed by atoms with E-state index in [0.29, 0.717) is 31.7 Å². The zero-order chi connectivity index (χ0) is 15.6. The Bertz CT molecular complexity index is 572. The van der Waals surface area contributed by atoms with Crippen LogP contribution < -0.4 is 0 Å². The highest BCUT2D eigenvalue weighted by molar-refractivity contribution is 6.33. The molecule has 1 saturated heterocycles. The summed E-state index contributed by atoms with van der Waals surface area (Å²) in [6, 6.07) is 2.59. The fraction of sp³-hybridized carbons (Fsp3) is 0.429. The van der Waals surface area contributed by atoms with Gasteiger partial charge in [0.1, 0.15) is 5.82 Å². The summed E-state index contributed by atoms with van der Waals surface area (Å²) in [5.41, 5.74) is 0.536. The average Bonchev–Trinajstić information content (AvgIpc) is 2.42. The standard InChI is InChI=1S/C14H16ClFN2O3/c1-9-6-11(15)10(7-12(9)16)14(21)18-4-2-17(3-5-18)8-13(19)20/h6-7H,2-5,8H2,1H3,(H,19,20). The molecule has 0 radical (unpaired) electrons. The van der Waals surface area contributed by atoms with Crippen LogP contribution in [0.1, 0.15) is 15.9 Å². The highest BCUT2D eigenvalue weighted by Gasteiger charge is 2.25. The minimum absolute atomic E-state index is 0.0397. The number of rotatable bonds is 3. The Balaban J connectivity index is 2.05. The normalized spacial score (nSPS) is 16.0. The van der Waals surface area contributed by atoms with Crippen LogP contribution in [0.5, 0.6) is 0 Å². The van der Waals surface area contributed by atoms with Crippen molar-refractivity contribution in [2.24, 2.45) is 0 Å². The van der Waals surface area contributed by atoms with Crippen LogP contribution in [0.15, 0.2) is 12.1 Å². The van der Waals surface area contributed by atoms with E-state index in [0.717, 1.165) is 6.07 Å². The van der Waals surface area contributed by atoms with Gasteiger partial charge in [-0.3, -0.25) is 14.5 Å². The van der Waals surface area contributed by atoms with Crippen LogP contribution in [0, 0.1) is 12.7 Å². The van der Waals surface area contributed by atoms with Crippen LogP contribution in [0.3, 0.4) is 0 Å². The predicted octanol–water partition coefficient (Wildman–Crippen LogP) is 1.63. The van der Waals surface area contributed by atoms with Crippen LogP contribution in [-0.4, -0.2) is 59.5 Å². The second kappa shape index (κ2) is 6.41. The van der Waals surface area contributed by atoms with Gasteiger partial charge >= 0.3 is 5.97 Å². The highest BCUT2D eigenvalue weighted by Crippen LogP contribution is 2.22. The Kier molecular flexibility index (Phi) is 4.80. The summed E-state index contributed by atoms with van der Waals surface area (Å²) in [6.07, 6.45) is 0. The number of carbonyl (C=O) groups excluding carboxylic acids is 1. The number of carboxylic acid groups (broad SMARTS) is 1. The molecule has 1 amide bonds. The first-order valence-corrected chi connectivity index (χ1v) is 6.95. The summed E-state index contributed by atoms with van der Waals surface area (Å²) in [5.74, 6) is -1.68. The molecule has 5 nitrogen and oxygen atoms in total. The van der Waals surface area contributed by atoms with Crippen molar-refractivity contribution in [3.8, 4) is 0 Å². The van der Waals surface area contributed by atoms with E-state index < -0.39 is 11.8 Å². The molecule has 0 aromatic heterocycles. The number of aryl methyl sites for hydroxylation is 1. The topological polar surface area (TPSA) is 60.9 Å². The molecule has 2 rings (SSSR count). The van der Waals surface area contributed by atoms with Gasteiger partial charge in [-0.2, -0.15) is 0 Å². The smallest absolute Gasteiger partial charge is 0.317 e. The highest BCUT2D eigenvalue weighted by atomic mass is 35.5. The van der Waals surface area contributed by atoms with Gasteiger partial charge in [-0.25, -0.2) is 4.39 Å². The van der Waals surface area contributed by atoms with Crippen molar-refractivity contribution in [3.05, 3.63) is 34.1 Å². The third-order valence-electron chi connectivity index (χ3n) is 3.50. The second-order valence-electron chi connectivity index (χ2n) is 5.04. The first-order chi connectivity index (χ1) is 9.88. The molecule has 0 saturated carbocycles. The lowest BCUT2D eigenvalue weighted by Crippen LogP contribution is -2.50.